The molecular weight excluding hydrogens is 430 g/mol. The summed E-state index contributed by atoms with van der Waals surface area (Å²) >= 11 is 0. The topological polar surface area (TPSA) is 88.2 Å². The number of fused-ring (bicyclic) bond motifs is 1. The number of benzene rings is 2. The highest BCUT2D eigenvalue weighted by molar-refractivity contribution is 7.89. The maximum Gasteiger partial charge on any atom is 0.251 e. The van der Waals surface area contributed by atoms with Gasteiger partial charge in [-0.2, -0.15) is 4.31 Å². The van der Waals surface area contributed by atoms with Crippen molar-refractivity contribution in [3.05, 3.63) is 53.1 Å². The maximum absolute atomic E-state index is 13.1. The molecule has 2 aromatic carbocycles. The highest BCUT2D eigenvalue weighted by Gasteiger charge is 2.30. The smallest absolute Gasteiger partial charge is 0.251 e. The molecule has 0 saturated carbocycles. The number of hydrogen-bond donors (Lipinski definition) is 1. The lowest BCUT2D eigenvalue weighted by Gasteiger charge is -2.27. The van der Waals surface area contributed by atoms with Crippen LogP contribution in [-0.2, 0) is 27.7 Å². The second-order valence-electron chi connectivity index (χ2n) is 8.05. The van der Waals surface area contributed by atoms with Gasteiger partial charge in [0.1, 0.15) is 10.6 Å². The quantitative estimate of drug-likeness (QED) is 0.711. The Balaban J connectivity index is 1.51. The number of nitrogens with one attached hydrogen (secondary N) is 1. The summed E-state index contributed by atoms with van der Waals surface area (Å²) in [6, 6.07) is 10.7. The highest BCUT2D eigenvalue weighted by atomic mass is 32.2. The van der Waals surface area contributed by atoms with E-state index in [9.17, 15) is 13.2 Å². The van der Waals surface area contributed by atoms with Crippen molar-refractivity contribution in [2.75, 3.05) is 51.9 Å². The number of nitrogens with zero attached hydrogens (tertiary/aromatic N) is 2. The summed E-state index contributed by atoms with van der Waals surface area (Å²) in [5, 5.41) is 2.91. The molecule has 172 valence electrons. The zero-order chi connectivity index (χ0) is 22.7. The van der Waals surface area contributed by atoms with Crippen LogP contribution in [0.15, 0.2) is 41.3 Å². The molecule has 0 spiro atoms. The summed E-state index contributed by atoms with van der Waals surface area (Å²) in [5.74, 6) is -0.118. The summed E-state index contributed by atoms with van der Waals surface area (Å²) in [7, 11) is -0.293. The van der Waals surface area contributed by atoms with E-state index in [1.54, 1.807) is 6.07 Å². The Kier molecular flexibility index (Phi) is 6.68. The monoisotopic (exact) mass is 459 g/mol. The number of amides is 1. The Hall–Kier alpha value is -2.62. The van der Waals surface area contributed by atoms with Gasteiger partial charge in [0, 0.05) is 44.5 Å². The molecule has 0 unspecified atom stereocenters. The first-order valence-corrected chi connectivity index (χ1v) is 12.2. The third-order valence-corrected chi connectivity index (χ3v) is 7.88. The Morgan fingerprint density at radius 2 is 1.91 bits per heavy atom. The summed E-state index contributed by atoms with van der Waals surface area (Å²) in [5.41, 5.74) is 3.81. The van der Waals surface area contributed by atoms with Crippen LogP contribution in [-0.4, -0.2) is 65.6 Å². The van der Waals surface area contributed by atoms with E-state index in [-0.39, 0.29) is 35.2 Å². The van der Waals surface area contributed by atoms with E-state index < -0.39 is 10.0 Å². The normalized spacial score (nSPS) is 17.0. The standard InChI is InChI=1S/C23H29N3O5S/c1-25-9-3-4-18-14-17(5-7-20(18)25)16-24-23(27)19-6-8-21(30-2)22(15-19)32(28,29)26-10-12-31-13-11-26/h5-8,14-15H,3-4,9-13,16H2,1-2H3,(H,24,27). The first kappa shape index (κ1) is 22.6. The van der Waals surface area contributed by atoms with Crippen LogP contribution in [0.3, 0.4) is 0 Å². The number of sulfonamides is 1. The SMILES string of the molecule is COc1ccc(C(=O)NCc2ccc3c(c2)CCCN3C)cc1S(=O)(=O)N1CCOCC1. The van der Waals surface area contributed by atoms with E-state index in [1.807, 2.05) is 6.07 Å². The molecule has 0 aromatic heterocycles. The number of rotatable bonds is 6. The van der Waals surface area contributed by atoms with Crippen molar-refractivity contribution < 1.29 is 22.7 Å². The molecule has 2 heterocycles. The van der Waals surface area contributed by atoms with Crippen LogP contribution < -0.4 is 15.0 Å². The molecule has 8 nitrogen and oxygen atoms in total. The maximum atomic E-state index is 13.1. The van der Waals surface area contributed by atoms with E-state index >= 15 is 0 Å². The van der Waals surface area contributed by atoms with Crippen LogP contribution in [0.5, 0.6) is 5.75 Å². The zero-order valence-corrected chi connectivity index (χ0v) is 19.3. The number of ether oxygens (including phenoxy) is 2. The van der Waals surface area contributed by atoms with Crippen LogP contribution >= 0.6 is 0 Å². The van der Waals surface area contributed by atoms with Gasteiger partial charge < -0.3 is 19.7 Å². The number of hydrogen-bond acceptors (Lipinski definition) is 6. The van der Waals surface area contributed by atoms with Gasteiger partial charge in [0.15, 0.2) is 0 Å². The Labute approximate surface area is 189 Å². The summed E-state index contributed by atoms with van der Waals surface area (Å²) in [6.45, 7) is 2.66. The van der Waals surface area contributed by atoms with Crippen molar-refractivity contribution in [3.63, 3.8) is 0 Å². The molecule has 9 heteroatoms. The van der Waals surface area contributed by atoms with Crippen molar-refractivity contribution in [3.8, 4) is 5.75 Å². The molecule has 32 heavy (non-hydrogen) atoms. The predicted molar refractivity (Wildman–Crippen MR) is 122 cm³/mol. The number of anilines is 1. The van der Waals surface area contributed by atoms with Gasteiger partial charge in [-0.1, -0.05) is 12.1 Å². The average Bonchev–Trinajstić information content (AvgIpc) is 2.82. The molecule has 2 aliphatic rings. The molecule has 0 aliphatic carbocycles. The summed E-state index contributed by atoms with van der Waals surface area (Å²) < 4.78 is 38.2. The van der Waals surface area contributed by atoms with Crippen molar-refractivity contribution in [2.24, 2.45) is 0 Å². The van der Waals surface area contributed by atoms with Gasteiger partial charge in [-0.3, -0.25) is 4.79 Å². The molecular formula is C23H29N3O5S. The largest absolute Gasteiger partial charge is 0.495 e. The van der Waals surface area contributed by atoms with Gasteiger partial charge in [-0.15, -0.1) is 0 Å². The molecule has 0 bridgehead atoms. The molecule has 0 atom stereocenters. The number of morpholine rings is 1. The average molecular weight is 460 g/mol. The van der Waals surface area contributed by atoms with E-state index in [0.717, 1.165) is 24.9 Å². The second-order valence-corrected chi connectivity index (χ2v) is 9.96. The van der Waals surface area contributed by atoms with Crippen molar-refractivity contribution in [1.82, 2.24) is 9.62 Å². The third kappa shape index (κ3) is 4.60. The molecule has 1 fully saturated rings. The zero-order valence-electron chi connectivity index (χ0n) is 18.5. The fraction of sp³-hybridized carbons (Fsp3) is 0.435. The van der Waals surface area contributed by atoms with Crippen LogP contribution in [0.1, 0.15) is 27.9 Å². The number of carbonyl (C=O) groups excluding carboxylic acids is 1. The number of aryl methyl sites for hydroxylation is 1. The summed E-state index contributed by atoms with van der Waals surface area (Å²) in [6.07, 6.45) is 2.15. The highest BCUT2D eigenvalue weighted by Crippen LogP contribution is 2.29. The Morgan fingerprint density at radius 1 is 1.12 bits per heavy atom. The lowest BCUT2D eigenvalue weighted by molar-refractivity contribution is 0.0729. The molecule has 1 amide bonds. The molecule has 1 saturated heterocycles. The van der Waals surface area contributed by atoms with Crippen LogP contribution in [0.4, 0.5) is 5.69 Å². The van der Waals surface area contributed by atoms with Gasteiger partial charge in [0.2, 0.25) is 10.0 Å². The fourth-order valence-electron chi connectivity index (χ4n) is 4.18. The van der Waals surface area contributed by atoms with Crippen molar-refractivity contribution >= 4 is 21.6 Å². The van der Waals surface area contributed by atoms with Gasteiger partial charge >= 0.3 is 0 Å². The number of methoxy groups -OCH3 is 1. The van der Waals surface area contributed by atoms with Gasteiger partial charge in [0.25, 0.3) is 5.91 Å². The van der Waals surface area contributed by atoms with Crippen molar-refractivity contribution in [2.45, 2.75) is 24.3 Å². The Bertz CT molecular complexity index is 1100. The molecule has 2 aromatic rings. The van der Waals surface area contributed by atoms with Gasteiger partial charge in [0.05, 0.1) is 20.3 Å². The van der Waals surface area contributed by atoms with Crippen molar-refractivity contribution in [1.29, 1.82) is 0 Å². The predicted octanol–water partition coefficient (Wildman–Crippen LogP) is 2.03. The van der Waals surface area contributed by atoms with Gasteiger partial charge in [-0.05, 0) is 48.2 Å². The van der Waals surface area contributed by atoms with E-state index in [0.29, 0.717) is 19.8 Å². The fourth-order valence-corrected chi connectivity index (χ4v) is 5.77. The van der Waals surface area contributed by atoms with Gasteiger partial charge in [-0.25, -0.2) is 8.42 Å². The minimum Gasteiger partial charge on any atom is -0.495 e. The minimum atomic E-state index is -3.80. The lowest BCUT2D eigenvalue weighted by atomic mass is 9.99. The van der Waals surface area contributed by atoms with Crippen LogP contribution in [0, 0.1) is 0 Å². The minimum absolute atomic E-state index is 0.00799. The summed E-state index contributed by atoms with van der Waals surface area (Å²) in [4.78, 5) is 15.1. The molecule has 1 N–H and O–H groups in total. The molecule has 2 aliphatic heterocycles. The van der Waals surface area contributed by atoms with E-state index in [2.05, 4.69) is 29.4 Å². The van der Waals surface area contributed by atoms with Crippen LogP contribution in [0.25, 0.3) is 0 Å². The number of carbonyl (C=O) groups is 1. The lowest BCUT2D eigenvalue weighted by Crippen LogP contribution is -2.40. The Morgan fingerprint density at radius 3 is 2.66 bits per heavy atom. The second kappa shape index (κ2) is 9.48. The first-order valence-electron chi connectivity index (χ1n) is 10.8. The van der Waals surface area contributed by atoms with Crippen LogP contribution in [0.2, 0.25) is 0 Å². The van der Waals surface area contributed by atoms with E-state index in [4.69, 9.17) is 9.47 Å². The molecule has 0 radical (unpaired) electrons. The van der Waals surface area contributed by atoms with E-state index in [1.165, 1.54) is 34.8 Å². The third-order valence-electron chi connectivity index (χ3n) is 5.96. The molecule has 4 rings (SSSR count). The first-order chi connectivity index (χ1) is 15.4.